The van der Waals surface area contributed by atoms with Crippen LogP contribution in [-0.2, 0) is 4.79 Å². The molecule has 0 saturated carbocycles. The van der Waals surface area contributed by atoms with Crippen LogP contribution in [0.2, 0.25) is 5.02 Å². The highest BCUT2D eigenvalue weighted by molar-refractivity contribution is 6.31. The van der Waals surface area contributed by atoms with E-state index in [0.29, 0.717) is 5.02 Å². The number of hydrogen-bond donors (Lipinski definition) is 2. The summed E-state index contributed by atoms with van der Waals surface area (Å²) in [6.07, 6.45) is -0.975. The molecule has 1 atom stereocenters. The summed E-state index contributed by atoms with van der Waals surface area (Å²) in [5.74, 6) is -1.92. The Labute approximate surface area is 163 Å². The van der Waals surface area contributed by atoms with E-state index in [1.807, 2.05) is 0 Å². The Morgan fingerprint density at radius 2 is 1.82 bits per heavy atom. The summed E-state index contributed by atoms with van der Waals surface area (Å²) in [5, 5.41) is 0.591. The molecule has 0 aliphatic heterocycles. The van der Waals surface area contributed by atoms with Crippen molar-refractivity contribution in [3.05, 3.63) is 75.4 Å². The number of rotatable bonds is 4. The first-order valence-corrected chi connectivity index (χ1v) is 8.47. The summed E-state index contributed by atoms with van der Waals surface area (Å²) in [7, 11) is 0. The third-order valence-corrected chi connectivity index (χ3v) is 3.94. The van der Waals surface area contributed by atoms with E-state index in [9.17, 15) is 18.8 Å². The van der Waals surface area contributed by atoms with Crippen molar-refractivity contribution in [1.82, 2.24) is 10.9 Å². The number of carbonyl (C=O) groups excluding carboxylic acids is 2. The van der Waals surface area contributed by atoms with Crippen LogP contribution in [0.15, 0.2) is 57.7 Å². The Hall–Kier alpha value is -3.39. The molecule has 2 amide bonds. The van der Waals surface area contributed by atoms with Crippen molar-refractivity contribution < 1.29 is 23.1 Å². The fourth-order valence-electron chi connectivity index (χ4n) is 2.29. The summed E-state index contributed by atoms with van der Waals surface area (Å²) in [5.41, 5.74) is 4.04. The highest BCUT2D eigenvalue weighted by Crippen LogP contribution is 2.17. The average molecular weight is 405 g/mol. The van der Waals surface area contributed by atoms with E-state index in [1.165, 1.54) is 49.4 Å². The number of benzene rings is 2. The van der Waals surface area contributed by atoms with Gasteiger partial charge in [0.25, 0.3) is 5.91 Å². The molecule has 2 aromatic carbocycles. The number of fused-ring (bicyclic) bond motifs is 1. The van der Waals surface area contributed by atoms with Crippen LogP contribution < -0.4 is 21.0 Å². The van der Waals surface area contributed by atoms with Crippen LogP contribution in [0, 0.1) is 5.82 Å². The molecule has 0 saturated heterocycles. The van der Waals surface area contributed by atoms with Crippen molar-refractivity contribution in [3.8, 4) is 5.75 Å². The fourth-order valence-corrected chi connectivity index (χ4v) is 2.46. The van der Waals surface area contributed by atoms with Crippen molar-refractivity contribution in [2.24, 2.45) is 0 Å². The molecule has 144 valence electrons. The Morgan fingerprint density at radius 1 is 1.11 bits per heavy atom. The Morgan fingerprint density at radius 3 is 2.54 bits per heavy atom. The van der Waals surface area contributed by atoms with E-state index >= 15 is 0 Å². The second kappa shape index (κ2) is 8.10. The largest absolute Gasteiger partial charge is 0.481 e. The van der Waals surface area contributed by atoms with Gasteiger partial charge in [0.1, 0.15) is 17.1 Å². The van der Waals surface area contributed by atoms with E-state index in [1.54, 1.807) is 0 Å². The summed E-state index contributed by atoms with van der Waals surface area (Å²) < 4.78 is 23.6. The molecule has 1 heterocycles. The van der Waals surface area contributed by atoms with Gasteiger partial charge in [0.15, 0.2) is 17.3 Å². The van der Waals surface area contributed by atoms with Gasteiger partial charge in [-0.3, -0.25) is 25.2 Å². The minimum Gasteiger partial charge on any atom is -0.481 e. The first-order valence-electron chi connectivity index (χ1n) is 8.09. The predicted molar refractivity (Wildman–Crippen MR) is 99.6 cm³/mol. The molecule has 0 aliphatic carbocycles. The minimum absolute atomic E-state index is 0.182. The smallest absolute Gasteiger partial charge is 0.305 e. The second-order valence-corrected chi connectivity index (χ2v) is 6.21. The maximum Gasteiger partial charge on any atom is 0.305 e. The van der Waals surface area contributed by atoms with Crippen molar-refractivity contribution in [2.45, 2.75) is 13.0 Å². The van der Waals surface area contributed by atoms with Gasteiger partial charge in [0.2, 0.25) is 0 Å². The number of hydrogen-bond acceptors (Lipinski definition) is 5. The third-order valence-electron chi connectivity index (χ3n) is 3.71. The van der Waals surface area contributed by atoms with Gasteiger partial charge in [-0.15, -0.1) is 0 Å². The van der Waals surface area contributed by atoms with Crippen LogP contribution in [0.4, 0.5) is 4.39 Å². The molecule has 7 nitrogen and oxygen atoms in total. The number of amides is 2. The van der Waals surface area contributed by atoms with E-state index in [4.69, 9.17) is 20.8 Å². The highest BCUT2D eigenvalue weighted by atomic mass is 35.5. The normalized spacial score (nSPS) is 11.7. The van der Waals surface area contributed by atoms with Crippen molar-refractivity contribution in [1.29, 1.82) is 0 Å². The maximum absolute atomic E-state index is 12.9. The third kappa shape index (κ3) is 4.47. The number of nitrogens with one attached hydrogen (secondary N) is 2. The lowest BCUT2D eigenvalue weighted by molar-refractivity contribution is -0.128. The van der Waals surface area contributed by atoms with Gasteiger partial charge in [-0.25, -0.2) is 4.39 Å². The number of ether oxygens (including phenoxy) is 1. The summed E-state index contributed by atoms with van der Waals surface area (Å²) in [6.45, 7) is 1.45. The van der Waals surface area contributed by atoms with Crippen molar-refractivity contribution in [2.75, 3.05) is 0 Å². The summed E-state index contributed by atoms with van der Waals surface area (Å²) >= 11 is 5.84. The van der Waals surface area contributed by atoms with Crippen LogP contribution in [-0.4, -0.2) is 17.9 Å². The lowest BCUT2D eigenvalue weighted by Gasteiger charge is -2.15. The van der Waals surface area contributed by atoms with E-state index in [0.717, 1.165) is 6.07 Å². The molecule has 0 bridgehead atoms. The summed E-state index contributed by atoms with van der Waals surface area (Å²) in [4.78, 5) is 36.3. The minimum atomic E-state index is -0.975. The molecule has 28 heavy (non-hydrogen) atoms. The van der Waals surface area contributed by atoms with E-state index in [2.05, 4.69) is 10.9 Å². The molecule has 0 radical (unpaired) electrons. The molecule has 1 aromatic heterocycles. The molecule has 0 unspecified atom stereocenters. The lowest BCUT2D eigenvalue weighted by atomic mass is 10.2. The van der Waals surface area contributed by atoms with Crippen LogP contribution in [0.3, 0.4) is 0 Å². The molecule has 0 fully saturated rings. The average Bonchev–Trinajstić information content (AvgIpc) is 2.67. The highest BCUT2D eigenvalue weighted by Gasteiger charge is 2.18. The number of halogens is 2. The first kappa shape index (κ1) is 19.4. The standard InChI is InChI=1S/C19H14ClFN2O5/c1-10(27-13-5-3-12(21)4-6-13)18(25)22-23-19(26)17-9-15(24)14-8-11(20)2-7-16(14)28-17/h2-10H,1H3,(H,22,25)(H,23,26)/t10-/m0/s1. The monoisotopic (exact) mass is 404 g/mol. The zero-order valence-electron chi connectivity index (χ0n) is 14.5. The molecule has 9 heteroatoms. The molecule has 3 aromatic rings. The van der Waals surface area contributed by atoms with Crippen LogP contribution >= 0.6 is 11.6 Å². The topological polar surface area (TPSA) is 97.6 Å². The zero-order valence-corrected chi connectivity index (χ0v) is 15.2. The summed E-state index contributed by atoms with van der Waals surface area (Å²) in [6, 6.07) is 10.5. The van der Waals surface area contributed by atoms with Gasteiger partial charge in [-0.1, -0.05) is 11.6 Å². The van der Waals surface area contributed by atoms with Gasteiger partial charge < -0.3 is 9.15 Å². The number of hydrazine groups is 1. The molecule has 0 spiro atoms. The van der Waals surface area contributed by atoms with Gasteiger partial charge in [0.05, 0.1) is 5.39 Å². The quantitative estimate of drug-likeness (QED) is 0.652. The van der Waals surface area contributed by atoms with Crippen molar-refractivity contribution in [3.63, 3.8) is 0 Å². The molecule has 0 aliphatic rings. The molecule has 3 rings (SSSR count). The van der Waals surface area contributed by atoms with Crippen LogP contribution in [0.5, 0.6) is 5.75 Å². The fraction of sp³-hybridized carbons (Fsp3) is 0.105. The molecule has 2 N–H and O–H groups in total. The predicted octanol–water partition coefficient (Wildman–Crippen LogP) is 2.81. The maximum atomic E-state index is 12.9. The van der Waals surface area contributed by atoms with Crippen LogP contribution in [0.1, 0.15) is 17.5 Å². The van der Waals surface area contributed by atoms with E-state index < -0.39 is 29.2 Å². The second-order valence-electron chi connectivity index (χ2n) is 5.77. The Bertz CT molecular complexity index is 1100. The van der Waals surface area contributed by atoms with Crippen LogP contribution in [0.25, 0.3) is 11.0 Å². The van der Waals surface area contributed by atoms with Gasteiger partial charge >= 0.3 is 5.91 Å². The SMILES string of the molecule is C[C@H](Oc1ccc(F)cc1)C(=O)NNC(=O)c1cc(=O)c2cc(Cl)ccc2o1. The Kier molecular flexibility index (Phi) is 5.60. The van der Waals surface area contributed by atoms with Gasteiger partial charge in [-0.05, 0) is 49.4 Å². The first-order chi connectivity index (χ1) is 13.3. The lowest BCUT2D eigenvalue weighted by Crippen LogP contribution is -2.47. The van der Waals surface area contributed by atoms with Gasteiger partial charge in [0, 0.05) is 11.1 Å². The van der Waals surface area contributed by atoms with Crippen molar-refractivity contribution >= 4 is 34.4 Å². The Balaban J connectivity index is 1.64. The van der Waals surface area contributed by atoms with Gasteiger partial charge in [-0.2, -0.15) is 0 Å². The zero-order chi connectivity index (χ0) is 20.3. The molecular weight excluding hydrogens is 391 g/mol. The number of carbonyl (C=O) groups is 2. The molecular formula is C19H14ClFN2O5. The van der Waals surface area contributed by atoms with E-state index in [-0.39, 0.29) is 22.5 Å².